The first-order valence-electron chi connectivity index (χ1n) is 7.87. The molecule has 0 aliphatic rings. The minimum Gasteiger partial charge on any atom is -0.456 e. The molecule has 132 valence electrons. The van der Waals surface area contributed by atoms with Crippen molar-refractivity contribution in [3.8, 4) is 0 Å². The number of rotatable bonds is 6. The molecule has 0 spiro atoms. The Labute approximate surface area is 155 Å². The van der Waals surface area contributed by atoms with E-state index >= 15 is 0 Å². The van der Waals surface area contributed by atoms with Crippen LogP contribution in [-0.4, -0.2) is 21.5 Å². The molecule has 0 saturated heterocycles. The quantitative estimate of drug-likeness (QED) is 0.525. The average molecular weight is 370 g/mol. The summed E-state index contributed by atoms with van der Waals surface area (Å²) in [5, 5.41) is 7.54. The third-order valence-corrected chi connectivity index (χ3v) is 3.73. The number of nitrogens with one attached hydrogen (secondary N) is 1. The lowest BCUT2D eigenvalue weighted by molar-refractivity contribution is -0.111. The molecular formula is C19H16ClN3O3. The Morgan fingerprint density at radius 2 is 2.12 bits per heavy atom. The first kappa shape index (κ1) is 17.7. The number of aromatic nitrogens is 2. The van der Waals surface area contributed by atoms with Gasteiger partial charge in [0.1, 0.15) is 5.76 Å². The Morgan fingerprint density at radius 3 is 2.85 bits per heavy atom. The molecule has 1 N–H and O–H groups in total. The number of anilines is 1. The number of ketones is 1. The van der Waals surface area contributed by atoms with Gasteiger partial charge in [-0.25, -0.2) is 0 Å². The van der Waals surface area contributed by atoms with E-state index in [0.29, 0.717) is 28.9 Å². The summed E-state index contributed by atoms with van der Waals surface area (Å²) in [5.74, 6) is 0.913. The van der Waals surface area contributed by atoms with Crippen LogP contribution in [0.2, 0.25) is 5.02 Å². The number of halogens is 1. The highest BCUT2D eigenvalue weighted by Gasteiger charge is 2.08. The second-order valence-corrected chi connectivity index (χ2v) is 6.03. The van der Waals surface area contributed by atoms with Gasteiger partial charge in [0, 0.05) is 30.3 Å². The maximum Gasteiger partial charge on any atom is 0.249 e. The van der Waals surface area contributed by atoms with Crippen molar-refractivity contribution >= 4 is 35.2 Å². The summed E-state index contributed by atoms with van der Waals surface area (Å²) in [6.45, 7) is 1.81. The largest absolute Gasteiger partial charge is 0.456 e. The van der Waals surface area contributed by atoms with Crippen molar-refractivity contribution < 1.29 is 14.0 Å². The van der Waals surface area contributed by atoms with Crippen molar-refractivity contribution in [2.45, 2.75) is 13.5 Å². The van der Waals surface area contributed by atoms with Crippen molar-refractivity contribution in [3.05, 3.63) is 76.8 Å². The zero-order chi connectivity index (χ0) is 18.5. The molecular weight excluding hydrogens is 354 g/mol. The fourth-order valence-electron chi connectivity index (χ4n) is 2.28. The Kier molecular flexibility index (Phi) is 5.34. The van der Waals surface area contributed by atoms with Crippen LogP contribution >= 0.6 is 11.6 Å². The van der Waals surface area contributed by atoms with E-state index in [1.807, 2.05) is 12.1 Å². The lowest BCUT2D eigenvalue weighted by Crippen LogP contribution is -2.09. The molecule has 0 aliphatic heterocycles. The van der Waals surface area contributed by atoms with Gasteiger partial charge in [-0.3, -0.25) is 14.3 Å². The molecule has 7 heteroatoms. The van der Waals surface area contributed by atoms with Gasteiger partial charge in [-0.15, -0.1) is 0 Å². The van der Waals surface area contributed by atoms with Crippen LogP contribution < -0.4 is 5.32 Å². The SMILES string of the molecule is CC(=O)c1ccc(Cn2ccc(NC(=O)/C=C/c3cccc(Cl)c3)n2)o1. The molecule has 6 nitrogen and oxygen atoms in total. The first-order valence-corrected chi connectivity index (χ1v) is 8.25. The van der Waals surface area contributed by atoms with Gasteiger partial charge in [-0.1, -0.05) is 23.7 Å². The van der Waals surface area contributed by atoms with Gasteiger partial charge in [0.25, 0.3) is 0 Å². The molecule has 2 heterocycles. The molecule has 0 atom stereocenters. The zero-order valence-corrected chi connectivity index (χ0v) is 14.7. The van der Waals surface area contributed by atoms with Crippen LogP contribution in [-0.2, 0) is 11.3 Å². The van der Waals surface area contributed by atoms with E-state index in [4.69, 9.17) is 16.0 Å². The number of carbonyl (C=O) groups is 2. The van der Waals surface area contributed by atoms with E-state index in [0.717, 1.165) is 5.56 Å². The van der Waals surface area contributed by atoms with Crippen molar-refractivity contribution in [2.24, 2.45) is 0 Å². The monoisotopic (exact) mass is 369 g/mol. The molecule has 0 aliphatic carbocycles. The molecule has 0 radical (unpaired) electrons. The molecule has 0 unspecified atom stereocenters. The van der Waals surface area contributed by atoms with Crippen LogP contribution in [0.15, 0.2) is 59.2 Å². The summed E-state index contributed by atoms with van der Waals surface area (Å²) in [6.07, 6.45) is 4.80. The molecule has 0 bridgehead atoms. The lowest BCUT2D eigenvalue weighted by Gasteiger charge is -1.99. The van der Waals surface area contributed by atoms with Gasteiger partial charge in [0.2, 0.25) is 5.91 Å². The summed E-state index contributed by atoms with van der Waals surface area (Å²) in [4.78, 5) is 23.2. The predicted octanol–water partition coefficient (Wildman–Crippen LogP) is 4.03. The molecule has 2 aromatic heterocycles. The maximum atomic E-state index is 12.0. The molecule has 26 heavy (non-hydrogen) atoms. The number of hydrogen-bond acceptors (Lipinski definition) is 4. The Hall–Kier alpha value is -3.12. The number of nitrogens with zero attached hydrogens (tertiary/aromatic N) is 2. The first-order chi connectivity index (χ1) is 12.5. The van der Waals surface area contributed by atoms with E-state index in [1.54, 1.807) is 47.3 Å². The number of Topliss-reactive ketones (excluding diaryl/α,β-unsaturated/α-hetero) is 1. The van der Waals surface area contributed by atoms with E-state index in [2.05, 4.69) is 10.4 Å². The Morgan fingerprint density at radius 1 is 1.27 bits per heavy atom. The van der Waals surface area contributed by atoms with E-state index in [1.165, 1.54) is 13.0 Å². The number of furan rings is 1. The molecule has 0 saturated carbocycles. The zero-order valence-electron chi connectivity index (χ0n) is 14.0. The molecule has 0 fully saturated rings. The third-order valence-electron chi connectivity index (χ3n) is 3.49. The maximum absolute atomic E-state index is 12.0. The highest BCUT2D eigenvalue weighted by molar-refractivity contribution is 6.30. The third kappa shape index (κ3) is 4.70. The van der Waals surface area contributed by atoms with Gasteiger partial charge in [0.15, 0.2) is 17.4 Å². The van der Waals surface area contributed by atoms with Gasteiger partial charge in [-0.2, -0.15) is 5.10 Å². The minimum atomic E-state index is -0.299. The summed E-state index contributed by atoms with van der Waals surface area (Å²) in [7, 11) is 0. The van der Waals surface area contributed by atoms with Crippen molar-refractivity contribution in [1.29, 1.82) is 0 Å². The van der Waals surface area contributed by atoms with E-state index in [-0.39, 0.29) is 11.7 Å². The number of amides is 1. The van der Waals surface area contributed by atoms with Gasteiger partial charge in [0.05, 0.1) is 6.54 Å². The van der Waals surface area contributed by atoms with Crippen LogP contribution in [0.5, 0.6) is 0 Å². The topological polar surface area (TPSA) is 77.1 Å². The normalized spacial score (nSPS) is 11.0. The van der Waals surface area contributed by atoms with E-state index in [9.17, 15) is 9.59 Å². The lowest BCUT2D eigenvalue weighted by atomic mass is 10.2. The standard InChI is InChI=1S/C19H16ClN3O3/c1-13(24)17-7-6-16(26-17)12-23-10-9-18(22-23)21-19(25)8-5-14-3-2-4-15(20)11-14/h2-11H,12H2,1H3,(H,21,22,25)/b8-5+. The van der Waals surface area contributed by atoms with Crippen LogP contribution in [0, 0.1) is 0 Å². The second kappa shape index (κ2) is 7.84. The molecule has 1 amide bonds. The molecule has 3 aromatic rings. The highest BCUT2D eigenvalue weighted by atomic mass is 35.5. The van der Waals surface area contributed by atoms with Crippen molar-refractivity contribution in [2.75, 3.05) is 5.32 Å². The Bertz CT molecular complexity index is 972. The van der Waals surface area contributed by atoms with Crippen molar-refractivity contribution in [3.63, 3.8) is 0 Å². The fourth-order valence-corrected chi connectivity index (χ4v) is 2.48. The fraction of sp³-hybridized carbons (Fsp3) is 0.105. The van der Waals surface area contributed by atoms with Crippen LogP contribution in [0.3, 0.4) is 0 Å². The van der Waals surface area contributed by atoms with Crippen LogP contribution in [0.4, 0.5) is 5.82 Å². The summed E-state index contributed by atoms with van der Waals surface area (Å²) in [6, 6.07) is 12.2. The smallest absolute Gasteiger partial charge is 0.249 e. The number of carbonyl (C=O) groups excluding carboxylic acids is 2. The van der Waals surface area contributed by atoms with Gasteiger partial charge >= 0.3 is 0 Å². The highest BCUT2D eigenvalue weighted by Crippen LogP contribution is 2.13. The Balaban J connectivity index is 1.59. The average Bonchev–Trinajstić information content (AvgIpc) is 3.23. The molecule has 3 rings (SSSR count). The second-order valence-electron chi connectivity index (χ2n) is 5.60. The van der Waals surface area contributed by atoms with E-state index < -0.39 is 0 Å². The predicted molar refractivity (Wildman–Crippen MR) is 99.2 cm³/mol. The van der Waals surface area contributed by atoms with Gasteiger partial charge in [-0.05, 0) is 35.9 Å². The number of benzene rings is 1. The van der Waals surface area contributed by atoms with Crippen LogP contribution in [0.25, 0.3) is 6.08 Å². The summed E-state index contributed by atoms with van der Waals surface area (Å²) in [5.41, 5.74) is 0.831. The van der Waals surface area contributed by atoms with Gasteiger partial charge < -0.3 is 9.73 Å². The minimum absolute atomic E-state index is 0.129. The molecule has 1 aromatic carbocycles. The summed E-state index contributed by atoms with van der Waals surface area (Å²) >= 11 is 5.90. The van der Waals surface area contributed by atoms with Crippen molar-refractivity contribution in [1.82, 2.24) is 9.78 Å². The van der Waals surface area contributed by atoms with Crippen LogP contribution in [0.1, 0.15) is 28.8 Å². The number of hydrogen-bond donors (Lipinski definition) is 1. The summed E-state index contributed by atoms with van der Waals surface area (Å²) < 4.78 is 7.03.